The lowest BCUT2D eigenvalue weighted by Gasteiger charge is -1.99. The van der Waals surface area contributed by atoms with Crippen LogP contribution in [0.3, 0.4) is 0 Å². The van der Waals surface area contributed by atoms with Crippen LogP contribution in [0.1, 0.15) is 11.1 Å². The summed E-state index contributed by atoms with van der Waals surface area (Å²) in [6.45, 7) is 0. The summed E-state index contributed by atoms with van der Waals surface area (Å²) in [6.07, 6.45) is 3.67. The molecule has 0 unspecified atom stereocenters. The van der Waals surface area contributed by atoms with Crippen molar-refractivity contribution in [1.82, 2.24) is 0 Å². The van der Waals surface area contributed by atoms with E-state index >= 15 is 0 Å². The molecule has 0 saturated heterocycles. The molecule has 0 aliphatic heterocycles. The van der Waals surface area contributed by atoms with Crippen molar-refractivity contribution in [2.24, 2.45) is 0 Å². The van der Waals surface area contributed by atoms with E-state index in [2.05, 4.69) is 0 Å². The van der Waals surface area contributed by atoms with E-state index in [4.69, 9.17) is 0 Å². The Bertz CT molecular complexity index is 501. The Hall–Kier alpha value is -1.96. The molecule has 2 rings (SSSR count). The zero-order chi connectivity index (χ0) is 9.97. The molecule has 2 aromatic carbocycles. The molecular weight excluding hydrogens is 176 g/mol. The van der Waals surface area contributed by atoms with Gasteiger partial charge in [-0.1, -0.05) is 30.3 Å². The fraction of sp³-hybridized carbons (Fsp3) is 0. The lowest BCUT2D eigenvalue weighted by molar-refractivity contribution is 0.562. The van der Waals surface area contributed by atoms with Crippen LogP contribution in [0.4, 0.5) is 0 Å². The molecule has 0 aromatic heterocycles. The van der Waals surface area contributed by atoms with Gasteiger partial charge >= 0.3 is 0 Å². The van der Waals surface area contributed by atoms with Gasteiger partial charge in [0.05, 0.1) is 0 Å². The smallest absolute Gasteiger partial charge is 0.234 e. The van der Waals surface area contributed by atoms with Gasteiger partial charge in [0, 0.05) is 11.1 Å². The maximum Gasteiger partial charge on any atom is 0.234 e. The van der Waals surface area contributed by atoms with Crippen LogP contribution >= 0.6 is 0 Å². The molecule has 0 saturated carbocycles. The third-order valence-electron chi connectivity index (χ3n) is 2.11. The van der Waals surface area contributed by atoms with Gasteiger partial charge in [-0.2, -0.15) is 0 Å². The van der Waals surface area contributed by atoms with E-state index in [-0.39, 0.29) is 0 Å². The van der Waals surface area contributed by atoms with Crippen molar-refractivity contribution in [2.45, 2.75) is 0 Å². The van der Waals surface area contributed by atoms with E-state index in [1.807, 2.05) is 18.6 Å². The number of fused-ring (bicyclic) bond motifs is 1. The van der Waals surface area contributed by atoms with Crippen molar-refractivity contribution < 1.29 is 9.59 Å². The molecule has 0 aliphatic carbocycles. The van der Waals surface area contributed by atoms with Gasteiger partial charge in [0.15, 0.2) is 0 Å². The first-order valence-corrected chi connectivity index (χ1v) is 4.14. The van der Waals surface area contributed by atoms with Crippen LogP contribution in [0.25, 0.3) is 10.8 Å². The number of hydrogen-bond acceptors (Lipinski definition) is 2. The molecule has 66 valence electrons. The standard InChI is InChI=1S/C12H6O2/c13-7-9-4-5-12-10(6-9)2-1-3-11(12)8-14/h1-6H. The van der Waals surface area contributed by atoms with Crippen LogP contribution in [0.2, 0.25) is 0 Å². The lowest BCUT2D eigenvalue weighted by Crippen LogP contribution is -1.85. The normalized spacial score (nSPS) is 10.0. The summed E-state index contributed by atoms with van der Waals surface area (Å²) in [5, 5.41) is 1.66. The number of carbonyl (C=O) groups excluding carboxylic acids is 2. The summed E-state index contributed by atoms with van der Waals surface area (Å²) in [7, 11) is 0. The molecule has 0 N–H and O–H groups in total. The van der Waals surface area contributed by atoms with Crippen LogP contribution < -0.4 is 0 Å². The van der Waals surface area contributed by atoms with Gasteiger partial charge in [0.1, 0.15) is 0 Å². The Labute approximate surface area is 81.2 Å². The minimum Gasteiger partial charge on any atom is -0.285 e. The third-order valence-corrected chi connectivity index (χ3v) is 2.11. The molecule has 0 amide bonds. The van der Waals surface area contributed by atoms with Crippen molar-refractivity contribution in [3.63, 3.8) is 0 Å². The summed E-state index contributed by atoms with van der Waals surface area (Å²) in [5.41, 5.74) is 1.00. The maximum atomic E-state index is 10.6. The van der Waals surface area contributed by atoms with E-state index in [0.717, 1.165) is 10.8 Å². The van der Waals surface area contributed by atoms with Gasteiger partial charge in [-0.05, 0) is 16.8 Å². The number of rotatable bonds is 2. The quantitative estimate of drug-likeness (QED) is 0.709. The average molecular weight is 182 g/mol. The van der Waals surface area contributed by atoms with E-state index in [9.17, 15) is 9.59 Å². The molecule has 0 bridgehead atoms. The zero-order valence-electron chi connectivity index (χ0n) is 7.28. The zero-order valence-corrected chi connectivity index (χ0v) is 7.28. The van der Waals surface area contributed by atoms with Gasteiger partial charge in [0.25, 0.3) is 0 Å². The Morgan fingerprint density at radius 3 is 2.50 bits per heavy atom. The van der Waals surface area contributed by atoms with Crippen LogP contribution in [0, 0.1) is 0 Å². The summed E-state index contributed by atoms with van der Waals surface area (Å²) >= 11 is 0. The molecule has 0 aliphatic rings. The molecule has 0 atom stereocenters. The molecular formula is C12H6O2. The SMILES string of the molecule is O=[C]c1ccc2c([C]=O)cccc2c1. The molecule has 2 nitrogen and oxygen atoms in total. The van der Waals surface area contributed by atoms with Crippen molar-refractivity contribution in [2.75, 3.05) is 0 Å². The summed E-state index contributed by atoms with van der Waals surface area (Å²) in [4.78, 5) is 21.0. The maximum absolute atomic E-state index is 10.6. The minimum atomic E-state index is 0.487. The summed E-state index contributed by atoms with van der Waals surface area (Å²) < 4.78 is 0. The molecule has 14 heavy (non-hydrogen) atoms. The Balaban J connectivity index is 2.79. The Morgan fingerprint density at radius 2 is 1.79 bits per heavy atom. The van der Waals surface area contributed by atoms with Crippen molar-refractivity contribution in [3.8, 4) is 0 Å². The highest BCUT2D eigenvalue weighted by Gasteiger charge is 2.00. The monoisotopic (exact) mass is 182 g/mol. The van der Waals surface area contributed by atoms with E-state index in [0.29, 0.717) is 11.1 Å². The largest absolute Gasteiger partial charge is 0.285 e. The number of benzene rings is 2. The second-order valence-electron chi connectivity index (χ2n) is 2.95. The third kappa shape index (κ3) is 1.31. The van der Waals surface area contributed by atoms with Crippen molar-refractivity contribution in [3.05, 3.63) is 47.5 Å². The Kier molecular flexibility index (Phi) is 2.11. The predicted octanol–water partition coefficient (Wildman–Crippen LogP) is 1.76. The fourth-order valence-electron chi connectivity index (χ4n) is 1.44. The summed E-state index contributed by atoms with van der Waals surface area (Å²) in [6, 6.07) is 10.4. The van der Waals surface area contributed by atoms with Crippen LogP contribution in [-0.2, 0) is 9.59 Å². The first-order chi connectivity index (χ1) is 6.85. The van der Waals surface area contributed by atoms with E-state index in [1.54, 1.807) is 30.3 Å². The molecule has 0 spiro atoms. The van der Waals surface area contributed by atoms with Gasteiger partial charge in [-0.3, -0.25) is 9.59 Å². The predicted molar refractivity (Wildman–Crippen MR) is 53.5 cm³/mol. The molecule has 2 heteroatoms. The van der Waals surface area contributed by atoms with E-state index in [1.165, 1.54) is 0 Å². The van der Waals surface area contributed by atoms with Crippen molar-refractivity contribution in [1.29, 1.82) is 0 Å². The van der Waals surface area contributed by atoms with Crippen LogP contribution in [-0.4, -0.2) is 12.6 Å². The first kappa shape index (κ1) is 8.63. The van der Waals surface area contributed by atoms with Crippen LogP contribution in [0.15, 0.2) is 36.4 Å². The topological polar surface area (TPSA) is 34.1 Å². The Morgan fingerprint density at radius 1 is 0.929 bits per heavy atom. The van der Waals surface area contributed by atoms with Gasteiger partial charge in [0.2, 0.25) is 12.6 Å². The highest BCUT2D eigenvalue weighted by Crippen LogP contribution is 2.18. The summed E-state index contributed by atoms with van der Waals surface area (Å²) in [5.74, 6) is 0. The second kappa shape index (κ2) is 3.42. The lowest BCUT2D eigenvalue weighted by atomic mass is 10.0. The number of hydrogen-bond donors (Lipinski definition) is 0. The molecule has 2 radical (unpaired) electrons. The van der Waals surface area contributed by atoms with Gasteiger partial charge < -0.3 is 0 Å². The highest BCUT2D eigenvalue weighted by molar-refractivity contribution is 5.99. The molecule has 2 aromatic rings. The van der Waals surface area contributed by atoms with Gasteiger partial charge in [-0.15, -0.1) is 0 Å². The van der Waals surface area contributed by atoms with E-state index < -0.39 is 0 Å². The van der Waals surface area contributed by atoms with Gasteiger partial charge in [-0.25, -0.2) is 0 Å². The molecule has 0 fully saturated rings. The minimum absolute atomic E-state index is 0.487. The fourth-order valence-corrected chi connectivity index (χ4v) is 1.44. The first-order valence-electron chi connectivity index (χ1n) is 4.14. The van der Waals surface area contributed by atoms with Crippen LogP contribution in [0.5, 0.6) is 0 Å². The molecule has 0 heterocycles. The highest BCUT2D eigenvalue weighted by atomic mass is 16.1. The second-order valence-corrected chi connectivity index (χ2v) is 2.95. The average Bonchev–Trinajstić information content (AvgIpc) is 2.27. The van der Waals surface area contributed by atoms with Crippen molar-refractivity contribution >= 4 is 23.3 Å².